The molecule has 0 aromatic heterocycles. The third-order valence-electron chi connectivity index (χ3n) is 3.76. The van der Waals surface area contributed by atoms with Crippen molar-refractivity contribution in [2.75, 3.05) is 0 Å². The van der Waals surface area contributed by atoms with E-state index in [4.69, 9.17) is 11.6 Å². The maximum absolute atomic E-state index is 10.6. The van der Waals surface area contributed by atoms with Crippen molar-refractivity contribution in [2.45, 2.75) is 57.5 Å². The Bertz CT molecular complexity index is 379. The molecule has 1 fully saturated rings. The van der Waals surface area contributed by atoms with Crippen molar-refractivity contribution in [3.63, 3.8) is 0 Å². The molecule has 17 heavy (non-hydrogen) atoms. The summed E-state index contributed by atoms with van der Waals surface area (Å²) in [7, 11) is 0. The molecule has 2 heteroatoms. The molecule has 0 spiro atoms. The summed E-state index contributed by atoms with van der Waals surface area (Å²) in [5, 5.41) is 11.4. The van der Waals surface area contributed by atoms with Crippen molar-refractivity contribution in [1.29, 1.82) is 0 Å². The Hall–Kier alpha value is -0.530. The lowest BCUT2D eigenvalue weighted by Crippen LogP contribution is -2.30. The van der Waals surface area contributed by atoms with E-state index in [1.54, 1.807) is 0 Å². The van der Waals surface area contributed by atoms with Gasteiger partial charge in [-0.05, 0) is 37.0 Å². The average molecular weight is 253 g/mol. The Morgan fingerprint density at radius 1 is 1.18 bits per heavy atom. The van der Waals surface area contributed by atoms with Gasteiger partial charge < -0.3 is 5.11 Å². The molecular formula is C15H21ClO. The van der Waals surface area contributed by atoms with Crippen LogP contribution in [0.5, 0.6) is 0 Å². The zero-order chi connectivity index (χ0) is 12.3. The maximum Gasteiger partial charge on any atom is 0.0688 e. The van der Waals surface area contributed by atoms with Crippen LogP contribution in [0.4, 0.5) is 0 Å². The fraction of sp³-hybridized carbons (Fsp3) is 0.600. The van der Waals surface area contributed by atoms with Gasteiger partial charge in [0.1, 0.15) is 0 Å². The molecule has 1 aromatic carbocycles. The summed E-state index contributed by atoms with van der Waals surface area (Å²) < 4.78 is 0. The van der Waals surface area contributed by atoms with Crippen LogP contribution in [0.2, 0.25) is 5.02 Å². The summed E-state index contributed by atoms with van der Waals surface area (Å²) in [4.78, 5) is 0. The Morgan fingerprint density at radius 3 is 2.41 bits per heavy atom. The molecule has 0 heterocycles. The van der Waals surface area contributed by atoms with Gasteiger partial charge in [0.05, 0.1) is 5.60 Å². The Kier molecular flexibility index (Phi) is 4.11. The highest BCUT2D eigenvalue weighted by Crippen LogP contribution is 2.32. The third-order valence-corrected chi connectivity index (χ3v) is 4.11. The van der Waals surface area contributed by atoms with Crippen LogP contribution >= 0.6 is 11.6 Å². The topological polar surface area (TPSA) is 20.2 Å². The molecule has 0 unspecified atom stereocenters. The van der Waals surface area contributed by atoms with Gasteiger partial charge in [0.2, 0.25) is 0 Å². The van der Waals surface area contributed by atoms with Crippen LogP contribution in [0, 0.1) is 6.92 Å². The molecule has 1 N–H and O–H groups in total. The second-order valence-corrected chi connectivity index (χ2v) is 5.82. The molecule has 0 aliphatic heterocycles. The monoisotopic (exact) mass is 252 g/mol. The molecule has 0 bridgehead atoms. The number of aliphatic hydroxyl groups is 1. The number of hydrogen-bond donors (Lipinski definition) is 1. The van der Waals surface area contributed by atoms with Crippen LogP contribution in [0.1, 0.15) is 49.7 Å². The van der Waals surface area contributed by atoms with Gasteiger partial charge in [-0.15, -0.1) is 0 Å². The van der Waals surface area contributed by atoms with Crippen LogP contribution in [0.25, 0.3) is 0 Å². The number of halogens is 1. The summed E-state index contributed by atoms with van der Waals surface area (Å²) in [5.74, 6) is 0. The van der Waals surface area contributed by atoms with E-state index in [2.05, 4.69) is 12.1 Å². The molecule has 1 aliphatic rings. The maximum atomic E-state index is 10.6. The lowest BCUT2D eigenvalue weighted by Gasteiger charge is -2.27. The van der Waals surface area contributed by atoms with Gasteiger partial charge in [0.25, 0.3) is 0 Å². The number of rotatable bonds is 2. The SMILES string of the molecule is Cc1ccc(CC2(O)CCCCCC2)c(Cl)c1. The molecule has 1 saturated carbocycles. The van der Waals surface area contributed by atoms with Gasteiger partial charge in [-0.3, -0.25) is 0 Å². The fourth-order valence-corrected chi connectivity index (χ4v) is 3.02. The van der Waals surface area contributed by atoms with E-state index in [0.717, 1.165) is 36.3 Å². The first-order valence-corrected chi connectivity index (χ1v) is 6.94. The smallest absolute Gasteiger partial charge is 0.0688 e. The van der Waals surface area contributed by atoms with Crippen molar-refractivity contribution < 1.29 is 5.11 Å². The van der Waals surface area contributed by atoms with Crippen molar-refractivity contribution in [3.05, 3.63) is 34.3 Å². The minimum atomic E-state index is -0.532. The predicted octanol–water partition coefficient (Wildman–Crippen LogP) is 4.28. The average Bonchev–Trinajstić information content (AvgIpc) is 2.48. The molecule has 1 aromatic rings. The number of aryl methyl sites for hydroxylation is 1. The van der Waals surface area contributed by atoms with Crippen molar-refractivity contribution in [1.82, 2.24) is 0 Å². The van der Waals surface area contributed by atoms with Gasteiger partial charge in [0.15, 0.2) is 0 Å². The van der Waals surface area contributed by atoms with E-state index in [0.29, 0.717) is 6.42 Å². The second-order valence-electron chi connectivity index (χ2n) is 5.41. The molecule has 1 nitrogen and oxygen atoms in total. The standard InChI is InChI=1S/C15H21ClO/c1-12-6-7-13(14(16)10-12)11-15(17)8-4-2-3-5-9-15/h6-7,10,17H,2-5,8-9,11H2,1H3. The van der Waals surface area contributed by atoms with E-state index >= 15 is 0 Å². The number of hydrogen-bond acceptors (Lipinski definition) is 1. The van der Waals surface area contributed by atoms with Gasteiger partial charge >= 0.3 is 0 Å². The summed E-state index contributed by atoms with van der Waals surface area (Å²) in [6.07, 6.45) is 7.31. The van der Waals surface area contributed by atoms with Crippen LogP contribution in [-0.2, 0) is 6.42 Å². The molecule has 0 radical (unpaired) electrons. The van der Waals surface area contributed by atoms with E-state index in [9.17, 15) is 5.11 Å². The van der Waals surface area contributed by atoms with Crippen molar-refractivity contribution in [3.8, 4) is 0 Å². The van der Waals surface area contributed by atoms with E-state index in [1.165, 1.54) is 18.4 Å². The van der Waals surface area contributed by atoms with Gasteiger partial charge in [-0.2, -0.15) is 0 Å². The van der Waals surface area contributed by atoms with E-state index in [-0.39, 0.29) is 0 Å². The third kappa shape index (κ3) is 3.46. The minimum Gasteiger partial charge on any atom is -0.390 e. The first kappa shape index (κ1) is 12.9. The lowest BCUT2D eigenvalue weighted by atomic mass is 9.87. The molecule has 2 rings (SSSR count). The van der Waals surface area contributed by atoms with Crippen LogP contribution in [0.3, 0.4) is 0 Å². The summed E-state index contributed by atoms with van der Waals surface area (Å²) in [6.45, 7) is 2.04. The number of benzene rings is 1. The molecule has 0 saturated heterocycles. The normalized spacial score (nSPS) is 19.9. The first-order chi connectivity index (χ1) is 8.09. The highest BCUT2D eigenvalue weighted by atomic mass is 35.5. The molecule has 0 amide bonds. The molecule has 94 valence electrons. The summed E-state index contributed by atoms with van der Waals surface area (Å²) in [5.41, 5.74) is 1.73. The van der Waals surface area contributed by atoms with Crippen LogP contribution in [0.15, 0.2) is 18.2 Å². The second kappa shape index (κ2) is 5.41. The molecule has 0 atom stereocenters. The Balaban J connectivity index is 2.12. The quantitative estimate of drug-likeness (QED) is 0.779. The van der Waals surface area contributed by atoms with Crippen LogP contribution in [-0.4, -0.2) is 10.7 Å². The molecule has 1 aliphatic carbocycles. The molecular weight excluding hydrogens is 232 g/mol. The first-order valence-electron chi connectivity index (χ1n) is 6.56. The van der Waals surface area contributed by atoms with E-state index in [1.807, 2.05) is 13.0 Å². The highest BCUT2D eigenvalue weighted by molar-refractivity contribution is 6.31. The van der Waals surface area contributed by atoms with Gasteiger partial charge in [0, 0.05) is 11.4 Å². The summed E-state index contributed by atoms with van der Waals surface area (Å²) in [6, 6.07) is 6.11. The largest absolute Gasteiger partial charge is 0.390 e. The minimum absolute atomic E-state index is 0.532. The van der Waals surface area contributed by atoms with E-state index < -0.39 is 5.60 Å². The van der Waals surface area contributed by atoms with Crippen LogP contribution < -0.4 is 0 Å². The Morgan fingerprint density at radius 2 is 1.82 bits per heavy atom. The zero-order valence-electron chi connectivity index (χ0n) is 10.5. The predicted molar refractivity (Wildman–Crippen MR) is 72.5 cm³/mol. The fourth-order valence-electron chi connectivity index (χ4n) is 2.71. The lowest BCUT2D eigenvalue weighted by molar-refractivity contribution is 0.0253. The summed E-state index contributed by atoms with van der Waals surface area (Å²) >= 11 is 6.24. The van der Waals surface area contributed by atoms with Gasteiger partial charge in [-0.1, -0.05) is 49.4 Å². The van der Waals surface area contributed by atoms with Crippen molar-refractivity contribution in [2.24, 2.45) is 0 Å². The van der Waals surface area contributed by atoms with Gasteiger partial charge in [-0.25, -0.2) is 0 Å². The Labute approximate surface area is 109 Å². The van der Waals surface area contributed by atoms with Crippen molar-refractivity contribution >= 4 is 11.6 Å². The highest BCUT2D eigenvalue weighted by Gasteiger charge is 2.28. The zero-order valence-corrected chi connectivity index (χ0v) is 11.3.